The Hall–Kier alpha value is -2.80. The minimum absolute atomic E-state index is 0.261. The highest BCUT2D eigenvalue weighted by molar-refractivity contribution is 6.33. The van der Waals surface area contributed by atoms with Crippen LogP contribution in [0.2, 0.25) is 5.02 Å². The maximum absolute atomic E-state index is 12.1. The molecule has 7 nitrogen and oxygen atoms in total. The second kappa shape index (κ2) is 6.76. The molecule has 1 amide bonds. The number of amides is 1. The Labute approximate surface area is 142 Å². The molecule has 0 aliphatic rings. The molecule has 0 radical (unpaired) electrons. The second-order valence-electron chi connectivity index (χ2n) is 4.81. The lowest BCUT2D eigenvalue weighted by atomic mass is 10.2. The monoisotopic (exact) mass is 347 g/mol. The molecule has 0 aliphatic heterocycles. The Balaban J connectivity index is 1.88. The Kier molecular flexibility index (Phi) is 4.52. The molecule has 8 heteroatoms. The van der Waals surface area contributed by atoms with E-state index in [9.17, 15) is 4.79 Å². The van der Waals surface area contributed by atoms with Crippen LogP contribution >= 0.6 is 11.6 Å². The molecule has 24 heavy (non-hydrogen) atoms. The first kappa shape index (κ1) is 16.1. The topological polar surface area (TPSA) is 86.5 Å². The molecule has 0 aliphatic carbocycles. The van der Waals surface area contributed by atoms with Gasteiger partial charge in [-0.3, -0.25) is 10.3 Å². The van der Waals surface area contributed by atoms with E-state index in [0.717, 1.165) is 5.76 Å². The highest BCUT2D eigenvalue weighted by Gasteiger charge is 2.17. The highest BCUT2D eigenvalue weighted by atomic mass is 35.5. The number of nitrogens with one attached hydrogen (secondary N) is 1. The number of methoxy groups -OCH3 is 1. The average Bonchev–Trinajstić information content (AvgIpc) is 3.02. The summed E-state index contributed by atoms with van der Waals surface area (Å²) in [6.45, 7) is 1.95. The van der Waals surface area contributed by atoms with Gasteiger partial charge in [-0.05, 0) is 12.1 Å². The molecule has 0 bridgehead atoms. The number of hydrogen-bond donors (Lipinski definition) is 1. The van der Waals surface area contributed by atoms with Crippen molar-refractivity contribution in [2.24, 2.45) is 0 Å². The fourth-order valence-corrected chi connectivity index (χ4v) is 2.31. The molecule has 3 aromatic heterocycles. The lowest BCUT2D eigenvalue weighted by Crippen LogP contribution is -2.17. The molecule has 0 saturated carbocycles. The van der Waals surface area contributed by atoms with Gasteiger partial charge < -0.3 is 13.9 Å². The number of fused-ring (bicyclic) bond motifs is 1. The fourth-order valence-electron chi connectivity index (χ4n) is 2.14. The molecule has 124 valence electrons. The number of aryl methyl sites for hydroxylation is 1. The van der Waals surface area contributed by atoms with Gasteiger partial charge in [0.15, 0.2) is 11.3 Å². The minimum Gasteiger partial charge on any atom is -0.478 e. The van der Waals surface area contributed by atoms with Crippen LogP contribution in [0.3, 0.4) is 0 Å². The van der Waals surface area contributed by atoms with Gasteiger partial charge in [-0.15, -0.1) is 0 Å². The maximum Gasteiger partial charge on any atom is 0.417 e. The van der Waals surface area contributed by atoms with Crippen molar-refractivity contribution in [3.05, 3.63) is 41.5 Å². The van der Waals surface area contributed by atoms with Gasteiger partial charge in [0.1, 0.15) is 5.76 Å². The normalized spacial score (nSPS) is 10.6. The highest BCUT2D eigenvalue weighted by Crippen LogP contribution is 2.34. The average molecular weight is 348 g/mol. The zero-order valence-electron chi connectivity index (χ0n) is 13.0. The van der Waals surface area contributed by atoms with Crippen molar-refractivity contribution < 1.29 is 18.7 Å². The van der Waals surface area contributed by atoms with Crippen LogP contribution in [0.25, 0.3) is 11.0 Å². The van der Waals surface area contributed by atoms with Crippen LogP contribution in [0, 0.1) is 0 Å². The van der Waals surface area contributed by atoms with Gasteiger partial charge in [-0.1, -0.05) is 18.5 Å². The summed E-state index contributed by atoms with van der Waals surface area (Å²) in [4.78, 5) is 20.0. The van der Waals surface area contributed by atoms with Gasteiger partial charge in [-0.2, -0.15) is 0 Å². The summed E-state index contributed by atoms with van der Waals surface area (Å²) in [7, 11) is 1.49. The first-order chi connectivity index (χ1) is 11.6. The molecular weight excluding hydrogens is 334 g/mol. The van der Waals surface area contributed by atoms with Crippen molar-refractivity contribution in [1.29, 1.82) is 0 Å². The number of aromatic nitrogens is 2. The van der Waals surface area contributed by atoms with E-state index in [2.05, 4.69) is 15.3 Å². The van der Waals surface area contributed by atoms with E-state index >= 15 is 0 Å². The van der Waals surface area contributed by atoms with Crippen LogP contribution in [0.5, 0.6) is 11.6 Å². The van der Waals surface area contributed by atoms with Crippen LogP contribution in [-0.2, 0) is 6.42 Å². The number of hydrogen-bond acceptors (Lipinski definition) is 6. The molecular formula is C16H14ClN3O4. The van der Waals surface area contributed by atoms with Crippen LogP contribution in [0.4, 0.5) is 10.5 Å². The Bertz CT molecular complexity index is 894. The van der Waals surface area contributed by atoms with Crippen molar-refractivity contribution in [2.75, 3.05) is 12.4 Å². The van der Waals surface area contributed by atoms with Crippen molar-refractivity contribution in [3.63, 3.8) is 0 Å². The summed E-state index contributed by atoms with van der Waals surface area (Å²) in [6.07, 6.45) is 4.34. The minimum atomic E-state index is -0.699. The zero-order valence-corrected chi connectivity index (χ0v) is 13.8. The summed E-state index contributed by atoms with van der Waals surface area (Å²) in [5, 5.41) is 3.47. The van der Waals surface area contributed by atoms with Gasteiger partial charge in [0.05, 0.1) is 29.4 Å². The van der Waals surface area contributed by atoms with Crippen LogP contribution in [-0.4, -0.2) is 23.2 Å². The standard InChI is InChI=1S/C16H14ClN3O4/c1-3-9-6-10-13(8-19-15(22-2)14(10)23-9)24-16(21)20-12-4-5-18-7-11(12)17/h4-8H,3H2,1-2H3,(H,18,20,21). The number of anilines is 1. The van der Waals surface area contributed by atoms with Crippen LogP contribution < -0.4 is 14.8 Å². The van der Waals surface area contributed by atoms with Crippen molar-refractivity contribution in [2.45, 2.75) is 13.3 Å². The number of pyridine rings is 2. The van der Waals surface area contributed by atoms with E-state index in [4.69, 9.17) is 25.5 Å². The molecule has 3 aromatic rings. The largest absolute Gasteiger partial charge is 0.478 e. The number of rotatable bonds is 4. The first-order valence-corrected chi connectivity index (χ1v) is 7.54. The van der Waals surface area contributed by atoms with E-state index in [1.165, 1.54) is 25.7 Å². The summed E-state index contributed by atoms with van der Waals surface area (Å²) in [6, 6.07) is 3.36. The first-order valence-electron chi connectivity index (χ1n) is 7.16. The van der Waals surface area contributed by atoms with E-state index in [0.29, 0.717) is 34.0 Å². The van der Waals surface area contributed by atoms with E-state index in [1.54, 1.807) is 12.1 Å². The van der Waals surface area contributed by atoms with E-state index < -0.39 is 6.09 Å². The molecule has 0 spiro atoms. The molecule has 3 heterocycles. The third-order valence-electron chi connectivity index (χ3n) is 3.30. The van der Waals surface area contributed by atoms with Gasteiger partial charge in [0, 0.05) is 18.8 Å². The summed E-state index contributed by atoms with van der Waals surface area (Å²) in [5.41, 5.74) is 0.831. The molecule has 0 unspecified atom stereocenters. The molecule has 0 aromatic carbocycles. The van der Waals surface area contributed by atoms with Crippen molar-refractivity contribution >= 4 is 34.4 Å². The van der Waals surface area contributed by atoms with Crippen LogP contribution in [0.1, 0.15) is 12.7 Å². The molecule has 0 saturated heterocycles. The number of halogens is 1. The second-order valence-corrected chi connectivity index (χ2v) is 5.22. The molecule has 0 atom stereocenters. The SMILES string of the molecule is CCc1cc2c(OC(=O)Nc3ccncc3Cl)cnc(OC)c2o1. The van der Waals surface area contributed by atoms with Crippen molar-refractivity contribution in [3.8, 4) is 11.6 Å². The Morgan fingerprint density at radius 3 is 2.96 bits per heavy atom. The third kappa shape index (κ3) is 3.11. The lowest BCUT2D eigenvalue weighted by Gasteiger charge is -2.08. The predicted molar refractivity (Wildman–Crippen MR) is 88.8 cm³/mol. The molecule has 0 fully saturated rings. The Morgan fingerprint density at radius 1 is 1.42 bits per heavy atom. The quantitative estimate of drug-likeness (QED) is 0.765. The molecule has 1 N–H and O–H groups in total. The third-order valence-corrected chi connectivity index (χ3v) is 3.60. The van der Waals surface area contributed by atoms with E-state index in [1.807, 2.05) is 6.92 Å². The predicted octanol–water partition coefficient (Wildman–Crippen LogP) is 4.06. The summed E-state index contributed by atoms with van der Waals surface area (Å²) >= 11 is 5.95. The summed E-state index contributed by atoms with van der Waals surface area (Å²) in [5.74, 6) is 1.32. The van der Waals surface area contributed by atoms with Gasteiger partial charge >= 0.3 is 6.09 Å². The van der Waals surface area contributed by atoms with Gasteiger partial charge in [-0.25, -0.2) is 9.78 Å². The Morgan fingerprint density at radius 2 is 2.25 bits per heavy atom. The van der Waals surface area contributed by atoms with Gasteiger partial charge in [0.2, 0.25) is 0 Å². The number of ether oxygens (including phenoxy) is 2. The number of carbonyl (C=O) groups is 1. The maximum atomic E-state index is 12.1. The fraction of sp³-hybridized carbons (Fsp3) is 0.188. The van der Waals surface area contributed by atoms with E-state index in [-0.39, 0.29) is 5.75 Å². The molecule has 3 rings (SSSR count). The smallest absolute Gasteiger partial charge is 0.417 e. The number of nitrogens with zero attached hydrogens (tertiary/aromatic N) is 2. The number of carbonyl (C=O) groups excluding carboxylic acids is 1. The summed E-state index contributed by atoms with van der Waals surface area (Å²) < 4.78 is 16.2. The zero-order chi connectivity index (χ0) is 17.1. The van der Waals surface area contributed by atoms with Gasteiger partial charge in [0.25, 0.3) is 5.88 Å². The van der Waals surface area contributed by atoms with Crippen LogP contribution in [0.15, 0.2) is 35.1 Å². The number of furan rings is 1. The lowest BCUT2D eigenvalue weighted by molar-refractivity contribution is 0.215. The van der Waals surface area contributed by atoms with Crippen molar-refractivity contribution in [1.82, 2.24) is 9.97 Å².